The van der Waals surface area contributed by atoms with Gasteiger partial charge in [0.05, 0.1) is 6.10 Å². The molecule has 4 heteroatoms. The molecule has 1 aliphatic rings. The number of nitrogens with one attached hydrogen (secondary N) is 1. The molecular weight excluding hydrogens is 204 g/mol. The molecule has 1 fully saturated rings. The molecule has 1 aromatic rings. The number of hydrogen-bond acceptors (Lipinski definition) is 3. The number of aryl methyl sites for hydroxylation is 1. The number of nitrogens with zero attached hydrogens (tertiary/aromatic N) is 1. The van der Waals surface area contributed by atoms with Crippen molar-refractivity contribution < 1.29 is 9.90 Å². The summed E-state index contributed by atoms with van der Waals surface area (Å²) in [6.07, 6.45) is 3.08. The van der Waals surface area contributed by atoms with Gasteiger partial charge >= 0.3 is 0 Å². The summed E-state index contributed by atoms with van der Waals surface area (Å²) in [7, 11) is 0. The van der Waals surface area contributed by atoms with Crippen LogP contribution in [-0.4, -0.2) is 28.6 Å². The van der Waals surface area contributed by atoms with E-state index in [1.807, 2.05) is 6.92 Å². The van der Waals surface area contributed by atoms with Gasteiger partial charge in [-0.3, -0.25) is 9.78 Å². The molecule has 4 nitrogen and oxygen atoms in total. The van der Waals surface area contributed by atoms with Crippen molar-refractivity contribution in [2.45, 2.75) is 25.9 Å². The number of carbonyl (C=O) groups excluding carboxylic acids is 1. The molecule has 86 valence electrons. The lowest BCUT2D eigenvalue weighted by molar-refractivity contribution is 0.0420. The predicted molar refractivity (Wildman–Crippen MR) is 60.0 cm³/mol. The zero-order valence-corrected chi connectivity index (χ0v) is 9.31. The molecule has 2 rings (SSSR count). The van der Waals surface area contributed by atoms with Gasteiger partial charge in [-0.2, -0.15) is 0 Å². The minimum Gasteiger partial charge on any atom is -0.393 e. The lowest BCUT2D eigenvalue weighted by atomic mass is 9.82. The molecule has 0 aromatic carbocycles. The highest BCUT2D eigenvalue weighted by Crippen LogP contribution is 2.26. The maximum absolute atomic E-state index is 11.7. The number of aliphatic hydroxyl groups is 1. The molecule has 0 radical (unpaired) electrons. The highest BCUT2D eigenvalue weighted by molar-refractivity contribution is 5.94. The topological polar surface area (TPSA) is 62.2 Å². The van der Waals surface area contributed by atoms with Crippen molar-refractivity contribution in [2.24, 2.45) is 5.92 Å². The molecule has 0 unspecified atom stereocenters. The van der Waals surface area contributed by atoms with Crippen molar-refractivity contribution in [3.63, 3.8) is 0 Å². The Morgan fingerprint density at radius 3 is 3.00 bits per heavy atom. The maximum atomic E-state index is 11.7. The van der Waals surface area contributed by atoms with Gasteiger partial charge in [-0.25, -0.2) is 0 Å². The monoisotopic (exact) mass is 220 g/mol. The number of pyridine rings is 1. The van der Waals surface area contributed by atoms with Crippen LogP contribution in [0.25, 0.3) is 0 Å². The largest absolute Gasteiger partial charge is 0.393 e. The smallest absolute Gasteiger partial charge is 0.251 e. The third-order valence-electron chi connectivity index (χ3n) is 2.92. The molecule has 0 atom stereocenters. The summed E-state index contributed by atoms with van der Waals surface area (Å²) in [6, 6.07) is 3.48. The summed E-state index contributed by atoms with van der Waals surface area (Å²) in [5.41, 5.74) is 1.49. The molecular formula is C12H16N2O2. The van der Waals surface area contributed by atoms with E-state index in [0.29, 0.717) is 18.0 Å². The molecule has 0 saturated heterocycles. The van der Waals surface area contributed by atoms with Gasteiger partial charge in [-0.1, -0.05) is 0 Å². The molecule has 0 bridgehead atoms. The Morgan fingerprint density at radius 1 is 1.62 bits per heavy atom. The number of carbonyl (C=O) groups is 1. The van der Waals surface area contributed by atoms with E-state index in [1.54, 1.807) is 18.3 Å². The number of aliphatic hydroxyl groups excluding tert-OH is 1. The van der Waals surface area contributed by atoms with Gasteiger partial charge in [-0.15, -0.1) is 0 Å². The standard InChI is InChI=1S/C12H16N2O2/c1-8-4-10(2-3-13-8)12(16)14-7-9-5-11(15)6-9/h2-4,9,11,15H,5-7H2,1H3,(H,14,16). The Morgan fingerprint density at radius 2 is 2.38 bits per heavy atom. The van der Waals surface area contributed by atoms with Crippen molar-refractivity contribution in [1.82, 2.24) is 10.3 Å². The highest BCUT2D eigenvalue weighted by atomic mass is 16.3. The molecule has 2 N–H and O–H groups in total. The van der Waals surface area contributed by atoms with Crippen LogP contribution in [-0.2, 0) is 0 Å². The van der Waals surface area contributed by atoms with Crippen LogP contribution in [0, 0.1) is 12.8 Å². The van der Waals surface area contributed by atoms with Crippen molar-refractivity contribution in [1.29, 1.82) is 0 Å². The summed E-state index contributed by atoms with van der Waals surface area (Å²) < 4.78 is 0. The Kier molecular flexibility index (Phi) is 3.19. The normalized spacial score (nSPS) is 23.6. The lowest BCUT2D eigenvalue weighted by Gasteiger charge is -2.31. The first kappa shape index (κ1) is 11.1. The summed E-state index contributed by atoms with van der Waals surface area (Å²) in [4.78, 5) is 15.8. The molecule has 16 heavy (non-hydrogen) atoms. The van der Waals surface area contributed by atoms with Crippen LogP contribution < -0.4 is 5.32 Å². The quantitative estimate of drug-likeness (QED) is 0.795. The Balaban J connectivity index is 1.84. The average molecular weight is 220 g/mol. The van der Waals surface area contributed by atoms with E-state index in [4.69, 9.17) is 5.11 Å². The molecule has 0 spiro atoms. The van der Waals surface area contributed by atoms with E-state index >= 15 is 0 Å². The van der Waals surface area contributed by atoms with Gasteiger partial charge in [0.1, 0.15) is 0 Å². The first-order valence-corrected chi connectivity index (χ1v) is 5.54. The van der Waals surface area contributed by atoms with Gasteiger partial charge in [0.15, 0.2) is 0 Å². The van der Waals surface area contributed by atoms with Crippen LogP contribution >= 0.6 is 0 Å². The third kappa shape index (κ3) is 2.58. The van der Waals surface area contributed by atoms with E-state index in [9.17, 15) is 4.79 Å². The van der Waals surface area contributed by atoms with Gasteiger partial charge in [0, 0.05) is 24.0 Å². The van der Waals surface area contributed by atoms with Crippen LogP contribution in [0.1, 0.15) is 28.9 Å². The van der Waals surface area contributed by atoms with E-state index < -0.39 is 0 Å². The second-order valence-corrected chi connectivity index (χ2v) is 4.39. The molecule has 0 aliphatic heterocycles. The van der Waals surface area contributed by atoms with Crippen molar-refractivity contribution in [3.8, 4) is 0 Å². The SMILES string of the molecule is Cc1cc(C(=O)NCC2CC(O)C2)ccn1. The average Bonchev–Trinajstić information content (AvgIpc) is 2.22. The summed E-state index contributed by atoms with van der Waals surface area (Å²) in [5, 5.41) is 12.0. The zero-order valence-electron chi connectivity index (χ0n) is 9.31. The second-order valence-electron chi connectivity index (χ2n) is 4.39. The van der Waals surface area contributed by atoms with Crippen molar-refractivity contribution in [2.75, 3.05) is 6.54 Å². The zero-order chi connectivity index (χ0) is 11.5. The predicted octanol–water partition coefficient (Wildman–Crippen LogP) is 0.891. The lowest BCUT2D eigenvalue weighted by Crippen LogP contribution is -2.38. The molecule has 1 aliphatic carbocycles. The number of aromatic nitrogens is 1. The summed E-state index contributed by atoms with van der Waals surface area (Å²) >= 11 is 0. The van der Waals surface area contributed by atoms with E-state index in [2.05, 4.69) is 10.3 Å². The second kappa shape index (κ2) is 4.61. The van der Waals surface area contributed by atoms with Gasteiger partial charge < -0.3 is 10.4 Å². The Hall–Kier alpha value is -1.42. The third-order valence-corrected chi connectivity index (χ3v) is 2.92. The number of hydrogen-bond donors (Lipinski definition) is 2. The molecule has 1 heterocycles. The molecule has 1 saturated carbocycles. The molecule has 1 amide bonds. The fourth-order valence-electron chi connectivity index (χ4n) is 1.89. The van der Waals surface area contributed by atoms with E-state index in [1.165, 1.54) is 0 Å². The van der Waals surface area contributed by atoms with Crippen molar-refractivity contribution >= 4 is 5.91 Å². The first-order valence-electron chi connectivity index (χ1n) is 5.54. The Bertz CT molecular complexity index is 386. The summed E-state index contributed by atoms with van der Waals surface area (Å²) in [6.45, 7) is 2.51. The fraction of sp³-hybridized carbons (Fsp3) is 0.500. The molecule has 1 aromatic heterocycles. The van der Waals surface area contributed by atoms with Gasteiger partial charge in [0.2, 0.25) is 0 Å². The minimum atomic E-state index is -0.162. The summed E-state index contributed by atoms with van der Waals surface area (Å²) in [5.74, 6) is 0.369. The minimum absolute atomic E-state index is 0.0631. The maximum Gasteiger partial charge on any atom is 0.251 e. The van der Waals surface area contributed by atoms with Crippen molar-refractivity contribution in [3.05, 3.63) is 29.6 Å². The van der Waals surface area contributed by atoms with Gasteiger partial charge in [0.25, 0.3) is 5.91 Å². The van der Waals surface area contributed by atoms with E-state index in [-0.39, 0.29) is 12.0 Å². The van der Waals surface area contributed by atoms with Gasteiger partial charge in [-0.05, 0) is 37.8 Å². The number of amides is 1. The first-order chi connectivity index (χ1) is 7.65. The van der Waals surface area contributed by atoms with Crippen LogP contribution in [0.4, 0.5) is 0 Å². The van der Waals surface area contributed by atoms with Crippen LogP contribution in [0.3, 0.4) is 0 Å². The van der Waals surface area contributed by atoms with E-state index in [0.717, 1.165) is 18.5 Å². The number of rotatable bonds is 3. The fourth-order valence-corrected chi connectivity index (χ4v) is 1.89. The van der Waals surface area contributed by atoms with Crippen LogP contribution in [0.2, 0.25) is 0 Å². The van der Waals surface area contributed by atoms with Crippen LogP contribution in [0.5, 0.6) is 0 Å². The van der Waals surface area contributed by atoms with Crippen LogP contribution in [0.15, 0.2) is 18.3 Å². The Labute approximate surface area is 94.7 Å². The highest BCUT2D eigenvalue weighted by Gasteiger charge is 2.27.